The van der Waals surface area contributed by atoms with Gasteiger partial charge in [0.2, 0.25) is 0 Å². The first-order valence-corrected chi connectivity index (χ1v) is 7.36. The Morgan fingerprint density at radius 3 is 3.00 bits per heavy atom. The fourth-order valence-corrected chi connectivity index (χ4v) is 2.69. The monoisotopic (exact) mass is 338 g/mol. The summed E-state index contributed by atoms with van der Waals surface area (Å²) in [6, 6.07) is 3.94. The highest BCUT2D eigenvalue weighted by Gasteiger charge is 2.16. The van der Waals surface area contributed by atoms with Crippen LogP contribution >= 0.6 is 15.9 Å². The van der Waals surface area contributed by atoms with Gasteiger partial charge < -0.3 is 10.5 Å². The first kappa shape index (κ1) is 15.2. The Morgan fingerprint density at radius 2 is 2.30 bits per heavy atom. The molecule has 0 fully saturated rings. The summed E-state index contributed by atoms with van der Waals surface area (Å²) in [6.07, 6.45) is 7.19. The van der Waals surface area contributed by atoms with E-state index in [-0.39, 0.29) is 6.04 Å². The topological polar surface area (TPSA) is 66.0 Å². The van der Waals surface area contributed by atoms with Gasteiger partial charge in [0.1, 0.15) is 0 Å². The van der Waals surface area contributed by atoms with Gasteiger partial charge in [-0.05, 0) is 40.4 Å². The van der Waals surface area contributed by atoms with Crippen LogP contribution in [0.2, 0.25) is 0 Å². The molecule has 0 aliphatic rings. The number of aromatic nitrogens is 3. The number of methoxy groups -OCH3 is 1. The van der Waals surface area contributed by atoms with Crippen molar-refractivity contribution < 1.29 is 4.74 Å². The lowest BCUT2D eigenvalue weighted by molar-refractivity contribution is 0.182. The molecule has 0 radical (unpaired) electrons. The Kier molecular flexibility index (Phi) is 5.70. The molecular formula is C14H19BrN4O. The van der Waals surface area contributed by atoms with E-state index >= 15 is 0 Å². The number of halogens is 1. The third-order valence-corrected chi connectivity index (χ3v) is 3.77. The summed E-state index contributed by atoms with van der Waals surface area (Å²) in [5.41, 5.74) is 8.52. The second-order valence-electron chi connectivity index (χ2n) is 4.60. The van der Waals surface area contributed by atoms with Crippen molar-refractivity contribution in [2.45, 2.75) is 25.4 Å². The Balaban J connectivity index is 2.01. The molecule has 0 aliphatic carbocycles. The maximum atomic E-state index is 6.31. The molecular weight excluding hydrogens is 320 g/mol. The summed E-state index contributed by atoms with van der Waals surface area (Å²) in [7, 11) is 1.68. The largest absolute Gasteiger partial charge is 0.383 e. The fourth-order valence-electron chi connectivity index (χ4n) is 2.10. The van der Waals surface area contributed by atoms with E-state index in [2.05, 4.69) is 32.1 Å². The van der Waals surface area contributed by atoms with E-state index in [1.54, 1.807) is 19.5 Å². The van der Waals surface area contributed by atoms with Crippen molar-refractivity contribution in [3.8, 4) is 0 Å². The SMILES string of the molecule is COCCn1ncc(Br)c1C(N)CCc1cccnc1. The lowest BCUT2D eigenvalue weighted by Crippen LogP contribution is -2.19. The van der Waals surface area contributed by atoms with Crippen LogP contribution in [0.3, 0.4) is 0 Å². The van der Waals surface area contributed by atoms with Gasteiger partial charge >= 0.3 is 0 Å². The van der Waals surface area contributed by atoms with E-state index in [9.17, 15) is 0 Å². The standard InChI is InChI=1S/C14H19BrN4O/c1-20-8-7-19-14(12(15)10-18-19)13(16)5-4-11-3-2-6-17-9-11/h2-3,6,9-10,13H,4-5,7-8,16H2,1H3. The summed E-state index contributed by atoms with van der Waals surface area (Å²) in [6.45, 7) is 1.33. The van der Waals surface area contributed by atoms with Gasteiger partial charge in [0.25, 0.3) is 0 Å². The van der Waals surface area contributed by atoms with E-state index in [1.807, 2.05) is 16.9 Å². The summed E-state index contributed by atoms with van der Waals surface area (Å²) in [5.74, 6) is 0. The number of nitrogens with two attached hydrogens (primary N) is 1. The van der Waals surface area contributed by atoms with Gasteiger partial charge in [-0.15, -0.1) is 0 Å². The molecule has 0 bridgehead atoms. The first-order valence-electron chi connectivity index (χ1n) is 6.57. The number of hydrogen-bond donors (Lipinski definition) is 1. The van der Waals surface area contributed by atoms with Gasteiger partial charge in [0.15, 0.2) is 0 Å². The van der Waals surface area contributed by atoms with Crippen LogP contribution in [0.15, 0.2) is 35.2 Å². The number of hydrogen-bond acceptors (Lipinski definition) is 4. The van der Waals surface area contributed by atoms with Crippen LogP contribution in [0.4, 0.5) is 0 Å². The van der Waals surface area contributed by atoms with Gasteiger partial charge in [0, 0.05) is 25.5 Å². The third-order valence-electron chi connectivity index (χ3n) is 3.16. The average Bonchev–Trinajstić information content (AvgIpc) is 2.84. The van der Waals surface area contributed by atoms with Crippen molar-refractivity contribution >= 4 is 15.9 Å². The predicted molar refractivity (Wildman–Crippen MR) is 81.3 cm³/mol. The number of aryl methyl sites for hydroxylation is 1. The lowest BCUT2D eigenvalue weighted by atomic mass is 10.0. The Hall–Kier alpha value is -1.24. The predicted octanol–water partition coefficient (Wildman–Crippen LogP) is 2.32. The molecule has 0 saturated carbocycles. The molecule has 2 rings (SSSR count). The van der Waals surface area contributed by atoms with E-state index in [0.29, 0.717) is 13.2 Å². The minimum absolute atomic E-state index is 0.0658. The first-order chi connectivity index (χ1) is 9.72. The highest BCUT2D eigenvalue weighted by Crippen LogP contribution is 2.25. The van der Waals surface area contributed by atoms with E-state index in [1.165, 1.54) is 5.56 Å². The van der Waals surface area contributed by atoms with Crippen LogP contribution in [-0.4, -0.2) is 28.5 Å². The van der Waals surface area contributed by atoms with Crippen molar-refractivity contribution in [2.24, 2.45) is 5.73 Å². The Morgan fingerprint density at radius 1 is 1.45 bits per heavy atom. The molecule has 0 amide bonds. The van der Waals surface area contributed by atoms with Crippen LogP contribution in [0.25, 0.3) is 0 Å². The minimum atomic E-state index is -0.0658. The van der Waals surface area contributed by atoms with Crippen molar-refractivity contribution in [3.05, 3.63) is 46.5 Å². The zero-order valence-corrected chi connectivity index (χ0v) is 13.1. The highest BCUT2D eigenvalue weighted by atomic mass is 79.9. The second kappa shape index (κ2) is 7.52. The van der Waals surface area contributed by atoms with Crippen LogP contribution in [-0.2, 0) is 17.7 Å². The van der Waals surface area contributed by atoms with Crippen molar-refractivity contribution in [1.29, 1.82) is 0 Å². The highest BCUT2D eigenvalue weighted by molar-refractivity contribution is 9.10. The normalized spacial score (nSPS) is 12.6. The second-order valence-corrected chi connectivity index (χ2v) is 5.45. The molecule has 2 aromatic heterocycles. The quantitative estimate of drug-likeness (QED) is 0.841. The van der Waals surface area contributed by atoms with Gasteiger partial charge in [-0.25, -0.2) is 0 Å². The van der Waals surface area contributed by atoms with Crippen LogP contribution < -0.4 is 5.73 Å². The Bertz CT molecular complexity index is 529. The lowest BCUT2D eigenvalue weighted by Gasteiger charge is -2.15. The molecule has 1 atom stereocenters. The summed E-state index contributed by atoms with van der Waals surface area (Å²) in [4.78, 5) is 4.12. The maximum Gasteiger partial charge on any atom is 0.0694 e. The molecule has 20 heavy (non-hydrogen) atoms. The van der Waals surface area contributed by atoms with Crippen LogP contribution in [0.5, 0.6) is 0 Å². The number of ether oxygens (including phenoxy) is 1. The van der Waals surface area contributed by atoms with E-state index < -0.39 is 0 Å². The van der Waals surface area contributed by atoms with Gasteiger partial charge in [-0.3, -0.25) is 9.67 Å². The number of rotatable bonds is 7. The smallest absolute Gasteiger partial charge is 0.0694 e. The Labute approximate surface area is 127 Å². The molecule has 0 aliphatic heterocycles. The molecule has 1 unspecified atom stereocenters. The third kappa shape index (κ3) is 3.88. The van der Waals surface area contributed by atoms with Crippen molar-refractivity contribution in [2.75, 3.05) is 13.7 Å². The van der Waals surface area contributed by atoms with E-state index in [0.717, 1.165) is 23.0 Å². The maximum absolute atomic E-state index is 6.31. The van der Waals surface area contributed by atoms with Crippen molar-refractivity contribution in [1.82, 2.24) is 14.8 Å². The van der Waals surface area contributed by atoms with E-state index in [4.69, 9.17) is 10.5 Å². The zero-order chi connectivity index (χ0) is 14.4. The van der Waals surface area contributed by atoms with Gasteiger partial charge in [-0.1, -0.05) is 6.07 Å². The molecule has 0 saturated heterocycles. The molecule has 2 aromatic rings. The molecule has 0 aromatic carbocycles. The van der Waals surface area contributed by atoms with Crippen molar-refractivity contribution in [3.63, 3.8) is 0 Å². The fraction of sp³-hybridized carbons (Fsp3) is 0.429. The van der Waals surface area contributed by atoms with Gasteiger partial charge in [0.05, 0.1) is 29.5 Å². The van der Waals surface area contributed by atoms with Gasteiger partial charge in [-0.2, -0.15) is 5.10 Å². The average molecular weight is 339 g/mol. The minimum Gasteiger partial charge on any atom is -0.383 e. The molecule has 0 spiro atoms. The molecule has 2 heterocycles. The molecule has 108 valence electrons. The number of nitrogens with zero attached hydrogens (tertiary/aromatic N) is 3. The summed E-state index contributed by atoms with van der Waals surface area (Å²) < 4.78 is 7.95. The zero-order valence-electron chi connectivity index (χ0n) is 11.5. The molecule has 2 N–H and O–H groups in total. The number of pyridine rings is 1. The van der Waals surface area contributed by atoms with Crippen LogP contribution in [0, 0.1) is 0 Å². The molecule has 5 nitrogen and oxygen atoms in total. The van der Waals surface area contributed by atoms with Crippen LogP contribution in [0.1, 0.15) is 23.7 Å². The molecule has 6 heteroatoms. The summed E-state index contributed by atoms with van der Waals surface area (Å²) in [5, 5.41) is 4.33. The summed E-state index contributed by atoms with van der Waals surface area (Å²) >= 11 is 3.52.